The van der Waals surface area contributed by atoms with Crippen molar-refractivity contribution in [3.63, 3.8) is 0 Å². The number of furan rings is 1. The highest BCUT2D eigenvalue weighted by Gasteiger charge is 2.25. The predicted molar refractivity (Wildman–Crippen MR) is 108 cm³/mol. The quantitative estimate of drug-likeness (QED) is 0.437. The van der Waals surface area contributed by atoms with Gasteiger partial charge < -0.3 is 13.7 Å². The van der Waals surface area contributed by atoms with Gasteiger partial charge in [-0.2, -0.15) is 0 Å². The maximum Gasteiger partial charge on any atom is 0.276 e. The van der Waals surface area contributed by atoms with E-state index in [0.717, 1.165) is 16.2 Å². The van der Waals surface area contributed by atoms with E-state index >= 15 is 0 Å². The number of thiophene rings is 1. The summed E-state index contributed by atoms with van der Waals surface area (Å²) in [5.74, 6) is 1.51. The van der Waals surface area contributed by atoms with Gasteiger partial charge in [-0.05, 0) is 50.2 Å². The zero-order chi connectivity index (χ0) is 19.5. The molecular formula is C22H20N2O3S. The zero-order valence-corrected chi connectivity index (χ0v) is 16.5. The maximum atomic E-state index is 13.3. The summed E-state index contributed by atoms with van der Waals surface area (Å²) in [6, 6.07) is 17.4. The molecule has 6 heteroatoms. The van der Waals surface area contributed by atoms with Gasteiger partial charge in [0.15, 0.2) is 5.69 Å². The Morgan fingerprint density at radius 3 is 2.54 bits per heavy atom. The van der Waals surface area contributed by atoms with Gasteiger partial charge in [-0.1, -0.05) is 18.2 Å². The molecule has 142 valence electrons. The highest BCUT2D eigenvalue weighted by molar-refractivity contribution is 7.11. The molecule has 28 heavy (non-hydrogen) atoms. The van der Waals surface area contributed by atoms with E-state index in [1.807, 2.05) is 48.5 Å². The van der Waals surface area contributed by atoms with Gasteiger partial charge in [0, 0.05) is 15.3 Å². The number of benzene rings is 1. The van der Waals surface area contributed by atoms with Crippen molar-refractivity contribution in [1.29, 1.82) is 0 Å². The van der Waals surface area contributed by atoms with Crippen LogP contribution in [0.1, 0.15) is 31.8 Å². The molecule has 5 nitrogen and oxygen atoms in total. The number of carbonyl (C=O) groups excluding carboxylic acids is 1. The van der Waals surface area contributed by atoms with Crippen molar-refractivity contribution in [2.45, 2.75) is 26.9 Å². The van der Waals surface area contributed by atoms with Gasteiger partial charge in [0.1, 0.15) is 11.5 Å². The van der Waals surface area contributed by atoms with Gasteiger partial charge in [-0.3, -0.25) is 4.79 Å². The zero-order valence-electron chi connectivity index (χ0n) is 15.7. The van der Waals surface area contributed by atoms with E-state index < -0.39 is 0 Å². The first-order valence-corrected chi connectivity index (χ1v) is 9.81. The van der Waals surface area contributed by atoms with E-state index in [-0.39, 0.29) is 5.91 Å². The summed E-state index contributed by atoms with van der Waals surface area (Å²) >= 11 is 1.68. The molecule has 0 radical (unpaired) electrons. The molecule has 0 saturated carbocycles. The molecule has 3 heterocycles. The van der Waals surface area contributed by atoms with Crippen molar-refractivity contribution in [2.75, 3.05) is 0 Å². The number of amides is 1. The van der Waals surface area contributed by atoms with Gasteiger partial charge >= 0.3 is 0 Å². The predicted octanol–water partition coefficient (Wildman–Crippen LogP) is 5.46. The molecule has 4 aromatic rings. The van der Waals surface area contributed by atoms with Crippen molar-refractivity contribution in [3.05, 3.63) is 87.8 Å². The lowest BCUT2D eigenvalue weighted by Crippen LogP contribution is -2.30. The second-order valence-corrected chi connectivity index (χ2v) is 7.92. The van der Waals surface area contributed by atoms with Gasteiger partial charge in [0.05, 0.1) is 19.4 Å². The number of hydrogen-bond donors (Lipinski definition) is 0. The summed E-state index contributed by atoms with van der Waals surface area (Å²) in [5.41, 5.74) is 1.18. The van der Waals surface area contributed by atoms with Crippen LogP contribution in [0.25, 0.3) is 11.5 Å². The second kappa shape index (κ2) is 7.86. The van der Waals surface area contributed by atoms with E-state index in [1.165, 1.54) is 4.88 Å². The number of carbonyl (C=O) groups is 1. The largest absolute Gasteiger partial charge is 0.467 e. The molecule has 0 spiro atoms. The third-order valence-corrected chi connectivity index (χ3v) is 5.36. The Kier molecular flexibility index (Phi) is 5.12. The van der Waals surface area contributed by atoms with Crippen LogP contribution in [0, 0.1) is 13.8 Å². The molecule has 0 bridgehead atoms. The van der Waals surface area contributed by atoms with Crippen LogP contribution in [0.15, 0.2) is 69.7 Å². The summed E-state index contributed by atoms with van der Waals surface area (Å²) in [6.45, 7) is 4.69. The van der Waals surface area contributed by atoms with E-state index in [1.54, 1.807) is 29.4 Å². The lowest BCUT2D eigenvalue weighted by atomic mass is 10.2. The second-order valence-electron chi connectivity index (χ2n) is 6.54. The first kappa shape index (κ1) is 18.3. The van der Waals surface area contributed by atoms with Gasteiger partial charge in [0.2, 0.25) is 5.89 Å². The minimum absolute atomic E-state index is 0.175. The molecule has 0 unspecified atom stereocenters. The SMILES string of the molecule is Cc1ccc(CN(Cc2ccco2)C(=O)c2nc(-c3ccccc3)oc2C)s1. The molecule has 1 aromatic carbocycles. The highest BCUT2D eigenvalue weighted by Crippen LogP contribution is 2.25. The van der Waals surface area contributed by atoms with E-state index in [4.69, 9.17) is 8.83 Å². The Labute approximate surface area is 167 Å². The minimum Gasteiger partial charge on any atom is -0.467 e. The summed E-state index contributed by atoms with van der Waals surface area (Å²) in [7, 11) is 0. The van der Waals surface area contributed by atoms with E-state index in [0.29, 0.717) is 30.4 Å². The number of aryl methyl sites for hydroxylation is 2. The fourth-order valence-corrected chi connectivity index (χ4v) is 3.90. The Morgan fingerprint density at radius 1 is 1.04 bits per heavy atom. The number of oxazole rings is 1. The molecule has 0 aliphatic carbocycles. The molecule has 0 N–H and O–H groups in total. The maximum absolute atomic E-state index is 13.3. The third kappa shape index (κ3) is 3.92. The molecule has 4 rings (SSSR count). The average Bonchev–Trinajstić information content (AvgIpc) is 3.43. The molecule has 0 aliphatic rings. The molecule has 0 saturated heterocycles. The molecule has 1 amide bonds. The topological polar surface area (TPSA) is 59.5 Å². The van der Waals surface area contributed by atoms with Gasteiger partial charge in [-0.15, -0.1) is 11.3 Å². The Balaban J connectivity index is 1.64. The van der Waals surface area contributed by atoms with Crippen molar-refractivity contribution < 1.29 is 13.6 Å². The smallest absolute Gasteiger partial charge is 0.276 e. The normalized spacial score (nSPS) is 10.9. The summed E-state index contributed by atoms with van der Waals surface area (Å²) in [5, 5.41) is 0. The van der Waals surface area contributed by atoms with Crippen LogP contribution in [-0.4, -0.2) is 15.8 Å². The molecular weight excluding hydrogens is 372 g/mol. The fourth-order valence-electron chi connectivity index (χ4n) is 3.00. The number of hydrogen-bond acceptors (Lipinski definition) is 5. The van der Waals surface area contributed by atoms with Crippen LogP contribution < -0.4 is 0 Å². The van der Waals surface area contributed by atoms with Gasteiger partial charge in [-0.25, -0.2) is 4.98 Å². The van der Waals surface area contributed by atoms with Crippen molar-refractivity contribution in [1.82, 2.24) is 9.88 Å². The molecule has 0 atom stereocenters. The first-order valence-electron chi connectivity index (χ1n) is 9.00. The van der Waals surface area contributed by atoms with Crippen LogP contribution in [0.2, 0.25) is 0 Å². The van der Waals surface area contributed by atoms with Gasteiger partial charge in [0.25, 0.3) is 5.91 Å². The number of rotatable bonds is 6. The monoisotopic (exact) mass is 392 g/mol. The lowest BCUT2D eigenvalue weighted by molar-refractivity contribution is 0.0712. The van der Waals surface area contributed by atoms with Crippen LogP contribution in [0.4, 0.5) is 0 Å². The summed E-state index contributed by atoms with van der Waals surface area (Å²) < 4.78 is 11.2. The summed E-state index contributed by atoms with van der Waals surface area (Å²) in [6.07, 6.45) is 1.61. The van der Waals surface area contributed by atoms with Crippen molar-refractivity contribution >= 4 is 17.2 Å². The van der Waals surface area contributed by atoms with Crippen molar-refractivity contribution in [3.8, 4) is 11.5 Å². The Hall–Kier alpha value is -3.12. The molecule has 0 aliphatic heterocycles. The van der Waals surface area contributed by atoms with Crippen LogP contribution >= 0.6 is 11.3 Å². The van der Waals surface area contributed by atoms with Crippen LogP contribution in [0.3, 0.4) is 0 Å². The minimum atomic E-state index is -0.175. The standard InChI is InChI=1S/C22H20N2O3S/c1-15-10-11-19(28-15)14-24(13-18-9-6-12-26-18)22(25)20-16(2)27-21(23-20)17-7-4-3-5-8-17/h3-12H,13-14H2,1-2H3. The third-order valence-electron chi connectivity index (χ3n) is 4.38. The molecule has 3 aromatic heterocycles. The number of nitrogens with zero attached hydrogens (tertiary/aromatic N) is 2. The van der Waals surface area contributed by atoms with E-state index in [9.17, 15) is 4.79 Å². The lowest BCUT2D eigenvalue weighted by Gasteiger charge is -2.20. The Bertz CT molecular complexity index is 1060. The Morgan fingerprint density at radius 2 is 1.86 bits per heavy atom. The summed E-state index contributed by atoms with van der Waals surface area (Å²) in [4.78, 5) is 21.9. The number of aromatic nitrogens is 1. The average molecular weight is 392 g/mol. The first-order chi connectivity index (χ1) is 13.6. The van der Waals surface area contributed by atoms with Crippen LogP contribution in [0.5, 0.6) is 0 Å². The van der Waals surface area contributed by atoms with Crippen molar-refractivity contribution in [2.24, 2.45) is 0 Å². The highest BCUT2D eigenvalue weighted by atomic mass is 32.1. The fraction of sp³-hybridized carbons (Fsp3) is 0.182. The van der Waals surface area contributed by atoms with E-state index in [2.05, 4.69) is 18.0 Å². The molecule has 0 fully saturated rings. The van der Waals surface area contributed by atoms with Crippen LogP contribution in [-0.2, 0) is 13.1 Å².